The van der Waals surface area contributed by atoms with Crippen LogP contribution in [0.3, 0.4) is 0 Å². The topological polar surface area (TPSA) is 76.4 Å². The first kappa shape index (κ1) is 16.0. The third kappa shape index (κ3) is 4.90. The number of likely N-dealkylation sites (N-methyl/N-ethyl adjacent to an activating group) is 1. The van der Waals surface area contributed by atoms with Crippen molar-refractivity contribution in [2.24, 2.45) is 0 Å². The smallest absolute Gasteiger partial charge is 0.317 e. The van der Waals surface area contributed by atoms with Gasteiger partial charge in [-0.1, -0.05) is 12.1 Å². The summed E-state index contributed by atoms with van der Waals surface area (Å²) in [5.41, 5.74) is 0.587. The van der Waals surface area contributed by atoms with Gasteiger partial charge in [0.25, 0.3) is 0 Å². The molecule has 0 aliphatic rings. The van der Waals surface area contributed by atoms with E-state index in [1.165, 1.54) is 4.90 Å². The highest BCUT2D eigenvalue weighted by Gasteiger charge is 2.20. The Bertz CT molecular complexity index is 497. The van der Waals surface area contributed by atoms with Crippen LogP contribution in [0.4, 0.5) is 4.79 Å². The summed E-state index contributed by atoms with van der Waals surface area (Å²) in [6.45, 7) is 5.43. The predicted octanol–water partition coefficient (Wildman–Crippen LogP) is 2.03. The molecule has 108 valence electrons. The summed E-state index contributed by atoms with van der Waals surface area (Å²) in [7, 11) is 1.64. The fourth-order valence-electron chi connectivity index (χ4n) is 1.88. The highest BCUT2D eigenvalue weighted by molar-refractivity contribution is 5.74. The normalized spacial score (nSPS) is 12.4. The van der Waals surface area contributed by atoms with Crippen LogP contribution in [-0.2, 0) is 0 Å². The van der Waals surface area contributed by atoms with Gasteiger partial charge in [0, 0.05) is 7.05 Å². The Kier molecular flexibility index (Phi) is 5.12. The average Bonchev–Trinajstić information content (AvgIpc) is 2.36. The minimum Gasteiger partial charge on any atom is -0.389 e. The van der Waals surface area contributed by atoms with Crippen LogP contribution < -0.4 is 5.32 Å². The molecule has 0 heterocycles. The van der Waals surface area contributed by atoms with Gasteiger partial charge in [0.1, 0.15) is 0 Å². The molecule has 0 spiro atoms. The molecule has 1 aromatic rings. The summed E-state index contributed by atoms with van der Waals surface area (Å²) < 4.78 is 0. The van der Waals surface area contributed by atoms with Gasteiger partial charge < -0.3 is 15.3 Å². The molecule has 1 unspecified atom stereocenters. The van der Waals surface area contributed by atoms with E-state index in [-0.39, 0.29) is 18.6 Å². The van der Waals surface area contributed by atoms with Gasteiger partial charge in [-0.3, -0.25) is 0 Å². The number of hydrogen-bond donors (Lipinski definition) is 2. The second-order valence-corrected chi connectivity index (χ2v) is 5.57. The molecule has 1 aromatic carbocycles. The summed E-state index contributed by atoms with van der Waals surface area (Å²) in [6.07, 6.45) is 0. The van der Waals surface area contributed by atoms with Crippen LogP contribution in [0.2, 0.25) is 0 Å². The highest BCUT2D eigenvalue weighted by atomic mass is 16.3. The first-order valence-electron chi connectivity index (χ1n) is 6.47. The van der Waals surface area contributed by atoms with Crippen LogP contribution >= 0.6 is 0 Å². The van der Waals surface area contributed by atoms with Crippen molar-refractivity contribution in [1.82, 2.24) is 10.2 Å². The molecule has 5 heteroatoms. The van der Waals surface area contributed by atoms with Crippen molar-refractivity contribution in [3.05, 3.63) is 35.4 Å². The van der Waals surface area contributed by atoms with E-state index in [9.17, 15) is 9.90 Å². The van der Waals surface area contributed by atoms with Gasteiger partial charge in [0.15, 0.2) is 0 Å². The molecule has 2 N–H and O–H groups in total. The number of carbonyl (C=O) groups is 1. The molecule has 0 saturated heterocycles. The lowest BCUT2D eigenvalue weighted by Gasteiger charge is -2.27. The van der Waals surface area contributed by atoms with Crippen LogP contribution in [0, 0.1) is 11.3 Å². The van der Waals surface area contributed by atoms with Crippen LogP contribution in [0.5, 0.6) is 0 Å². The zero-order valence-electron chi connectivity index (χ0n) is 12.3. The first-order valence-corrected chi connectivity index (χ1v) is 6.47. The number of benzene rings is 1. The first-order chi connectivity index (χ1) is 9.23. The third-order valence-corrected chi connectivity index (χ3v) is 2.85. The molecule has 0 aliphatic carbocycles. The number of carbonyl (C=O) groups excluding carboxylic acids is 1. The summed E-state index contributed by atoms with van der Waals surface area (Å²) >= 11 is 0. The van der Waals surface area contributed by atoms with Gasteiger partial charge >= 0.3 is 6.03 Å². The highest BCUT2D eigenvalue weighted by Crippen LogP contribution is 2.13. The van der Waals surface area contributed by atoms with Crippen LogP contribution in [0.15, 0.2) is 24.3 Å². The van der Waals surface area contributed by atoms with Crippen molar-refractivity contribution < 1.29 is 9.90 Å². The average molecular weight is 275 g/mol. The maximum Gasteiger partial charge on any atom is 0.317 e. The Labute approximate surface area is 119 Å². The Hall–Kier alpha value is -2.06. The zero-order valence-corrected chi connectivity index (χ0v) is 12.3. The number of amides is 2. The number of urea groups is 1. The number of nitrogens with one attached hydrogen (secondary N) is 1. The maximum atomic E-state index is 12.0. The largest absolute Gasteiger partial charge is 0.389 e. The van der Waals surface area contributed by atoms with Gasteiger partial charge in [0.2, 0.25) is 0 Å². The van der Waals surface area contributed by atoms with Crippen molar-refractivity contribution in [1.29, 1.82) is 5.26 Å². The van der Waals surface area contributed by atoms with E-state index in [1.54, 1.807) is 33.0 Å². The Morgan fingerprint density at radius 2 is 2.00 bits per heavy atom. The second-order valence-electron chi connectivity index (χ2n) is 5.57. The van der Waals surface area contributed by atoms with Gasteiger partial charge in [-0.25, -0.2) is 4.79 Å². The minimum atomic E-state index is -0.927. The van der Waals surface area contributed by atoms with E-state index in [2.05, 4.69) is 11.4 Å². The predicted molar refractivity (Wildman–Crippen MR) is 77.0 cm³/mol. The zero-order chi connectivity index (χ0) is 15.3. The van der Waals surface area contributed by atoms with Crippen molar-refractivity contribution in [3.8, 4) is 6.07 Å². The van der Waals surface area contributed by atoms with Crippen molar-refractivity contribution in [2.75, 3.05) is 13.6 Å². The number of rotatable bonds is 4. The van der Waals surface area contributed by atoms with E-state index in [4.69, 9.17) is 5.26 Å². The molecule has 0 bridgehead atoms. The molecule has 1 atom stereocenters. The summed E-state index contributed by atoms with van der Waals surface area (Å²) in [4.78, 5) is 13.4. The Morgan fingerprint density at radius 3 is 2.45 bits per heavy atom. The van der Waals surface area contributed by atoms with Crippen molar-refractivity contribution >= 4 is 6.03 Å². The van der Waals surface area contributed by atoms with Crippen molar-refractivity contribution in [3.63, 3.8) is 0 Å². The molecule has 0 aliphatic heterocycles. The van der Waals surface area contributed by atoms with Gasteiger partial charge in [0.05, 0.1) is 29.8 Å². The fraction of sp³-hybridized carbons (Fsp3) is 0.467. The summed E-state index contributed by atoms with van der Waals surface area (Å²) in [5, 5.41) is 21.3. The molecular formula is C15H21N3O2. The van der Waals surface area contributed by atoms with Crippen LogP contribution in [0.1, 0.15) is 37.9 Å². The number of aliphatic hydroxyl groups is 1. The quantitative estimate of drug-likeness (QED) is 0.882. The van der Waals surface area contributed by atoms with E-state index in [1.807, 2.05) is 19.1 Å². The lowest BCUT2D eigenvalue weighted by Crippen LogP contribution is -2.45. The van der Waals surface area contributed by atoms with Gasteiger partial charge in [-0.2, -0.15) is 5.26 Å². The number of nitriles is 1. The lowest BCUT2D eigenvalue weighted by atomic mass is 10.1. The standard InChI is InChI=1S/C15H21N3O2/c1-11(13-7-5-12(9-16)6-8-13)17-14(19)18(4)10-15(2,3)20/h5-8,11,20H,10H2,1-4H3,(H,17,19). The fourth-order valence-corrected chi connectivity index (χ4v) is 1.88. The van der Waals surface area contributed by atoms with Crippen molar-refractivity contribution in [2.45, 2.75) is 32.4 Å². The molecule has 5 nitrogen and oxygen atoms in total. The monoisotopic (exact) mass is 275 g/mol. The second kappa shape index (κ2) is 6.40. The summed E-state index contributed by atoms with van der Waals surface area (Å²) in [5.74, 6) is 0. The molecule has 0 saturated carbocycles. The summed E-state index contributed by atoms with van der Waals surface area (Å²) in [6, 6.07) is 8.72. The van der Waals surface area contributed by atoms with E-state index in [0.717, 1.165) is 5.56 Å². The van der Waals surface area contributed by atoms with E-state index in [0.29, 0.717) is 5.56 Å². The van der Waals surface area contributed by atoms with Crippen LogP contribution in [-0.4, -0.2) is 35.2 Å². The van der Waals surface area contributed by atoms with Gasteiger partial charge in [-0.15, -0.1) is 0 Å². The molecular weight excluding hydrogens is 254 g/mol. The molecule has 0 fully saturated rings. The molecule has 0 aromatic heterocycles. The molecule has 1 rings (SSSR count). The maximum absolute atomic E-state index is 12.0. The number of hydrogen-bond acceptors (Lipinski definition) is 3. The third-order valence-electron chi connectivity index (χ3n) is 2.85. The molecule has 20 heavy (non-hydrogen) atoms. The molecule has 2 amide bonds. The van der Waals surface area contributed by atoms with E-state index < -0.39 is 5.60 Å². The number of nitrogens with zero attached hydrogens (tertiary/aromatic N) is 2. The minimum absolute atomic E-state index is 0.167. The SMILES string of the molecule is CC(NC(=O)N(C)CC(C)(C)O)c1ccc(C#N)cc1. The van der Waals surface area contributed by atoms with Crippen LogP contribution in [0.25, 0.3) is 0 Å². The molecule has 0 radical (unpaired) electrons. The lowest BCUT2D eigenvalue weighted by molar-refractivity contribution is 0.0528. The Morgan fingerprint density at radius 1 is 1.45 bits per heavy atom. The van der Waals surface area contributed by atoms with Gasteiger partial charge in [-0.05, 0) is 38.5 Å². The van der Waals surface area contributed by atoms with E-state index >= 15 is 0 Å². The Balaban J connectivity index is 2.63.